The first-order chi connectivity index (χ1) is 7.11. The average Bonchev–Trinajstić information content (AvgIpc) is 2.01. The van der Waals surface area contributed by atoms with Crippen molar-refractivity contribution in [2.24, 2.45) is 5.92 Å². The Morgan fingerprint density at radius 1 is 1.19 bits per heavy atom. The molecule has 0 rings (SSSR count). The zero-order valence-electron chi connectivity index (χ0n) is 9.04. The Morgan fingerprint density at radius 3 is 1.69 bits per heavy atom. The Kier molecular flexibility index (Phi) is 8.51. The van der Waals surface area contributed by atoms with Crippen LogP contribution in [0.2, 0.25) is 0 Å². The highest BCUT2D eigenvalue weighted by molar-refractivity contribution is 5.67. The minimum atomic E-state index is -4.39. The second-order valence-electron chi connectivity index (χ2n) is 3.18. The molecule has 0 aromatic heterocycles. The number of carboxylic acid groups (broad SMARTS) is 2. The summed E-state index contributed by atoms with van der Waals surface area (Å²) in [6.45, 7) is 2.68. The SMILES string of the molecule is CC(CC(=O)O)C(F)(F)F.CCCC(=O)O. The molecule has 0 saturated heterocycles. The molecule has 1 atom stereocenters. The van der Waals surface area contributed by atoms with Gasteiger partial charge in [0.15, 0.2) is 0 Å². The van der Waals surface area contributed by atoms with E-state index in [1.54, 1.807) is 0 Å². The van der Waals surface area contributed by atoms with Crippen molar-refractivity contribution in [2.45, 2.75) is 39.3 Å². The molecule has 0 saturated carbocycles. The zero-order valence-corrected chi connectivity index (χ0v) is 9.04. The third kappa shape index (κ3) is 12.7. The van der Waals surface area contributed by atoms with Crippen LogP contribution in [0.5, 0.6) is 0 Å². The quantitative estimate of drug-likeness (QED) is 0.796. The van der Waals surface area contributed by atoms with Gasteiger partial charge in [0.2, 0.25) is 0 Å². The molecule has 7 heteroatoms. The highest BCUT2D eigenvalue weighted by Gasteiger charge is 2.36. The topological polar surface area (TPSA) is 74.6 Å². The maximum absolute atomic E-state index is 11.5. The minimum Gasteiger partial charge on any atom is -0.481 e. The van der Waals surface area contributed by atoms with Gasteiger partial charge in [-0.15, -0.1) is 0 Å². The van der Waals surface area contributed by atoms with Crippen LogP contribution >= 0.6 is 0 Å². The summed E-state index contributed by atoms with van der Waals surface area (Å²) < 4.78 is 34.6. The maximum Gasteiger partial charge on any atom is 0.392 e. The van der Waals surface area contributed by atoms with Gasteiger partial charge in [-0.2, -0.15) is 13.2 Å². The van der Waals surface area contributed by atoms with E-state index in [0.29, 0.717) is 6.42 Å². The molecule has 0 heterocycles. The standard InChI is InChI=1S/C5H7F3O2.C4H8O2/c1-3(2-4(9)10)5(6,7)8;1-2-3-4(5)6/h3H,2H2,1H3,(H,9,10);2-3H2,1H3,(H,5,6). The lowest BCUT2D eigenvalue weighted by Gasteiger charge is -2.11. The first-order valence-electron chi connectivity index (χ1n) is 4.61. The summed E-state index contributed by atoms with van der Waals surface area (Å²) in [7, 11) is 0. The van der Waals surface area contributed by atoms with Crippen molar-refractivity contribution in [1.82, 2.24) is 0 Å². The third-order valence-electron chi connectivity index (χ3n) is 1.50. The summed E-state index contributed by atoms with van der Waals surface area (Å²) in [6.07, 6.45) is -4.22. The largest absolute Gasteiger partial charge is 0.481 e. The molecule has 0 aliphatic rings. The molecule has 0 aliphatic heterocycles. The monoisotopic (exact) mass is 244 g/mol. The molecule has 0 aromatic rings. The zero-order chi connectivity index (χ0) is 13.4. The molecule has 0 fully saturated rings. The predicted molar refractivity (Wildman–Crippen MR) is 50.0 cm³/mol. The summed E-state index contributed by atoms with van der Waals surface area (Å²) >= 11 is 0. The summed E-state index contributed by atoms with van der Waals surface area (Å²) in [6, 6.07) is 0. The molecule has 96 valence electrons. The summed E-state index contributed by atoms with van der Waals surface area (Å²) in [5, 5.41) is 15.9. The van der Waals surface area contributed by atoms with Crippen LogP contribution in [0, 0.1) is 5.92 Å². The van der Waals surface area contributed by atoms with E-state index in [1.807, 2.05) is 6.92 Å². The Balaban J connectivity index is 0. The first-order valence-corrected chi connectivity index (χ1v) is 4.61. The molecular weight excluding hydrogens is 229 g/mol. The van der Waals surface area contributed by atoms with E-state index in [9.17, 15) is 22.8 Å². The highest BCUT2D eigenvalue weighted by Crippen LogP contribution is 2.27. The number of aliphatic carboxylic acids is 2. The van der Waals surface area contributed by atoms with Crippen LogP contribution in [0.3, 0.4) is 0 Å². The molecule has 0 radical (unpaired) electrons. The third-order valence-corrected chi connectivity index (χ3v) is 1.50. The maximum atomic E-state index is 11.5. The van der Waals surface area contributed by atoms with Gasteiger partial charge in [-0.3, -0.25) is 9.59 Å². The summed E-state index contributed by atoms with van der Waals surface area (Å²) in [4.78, 5) is 19.4. The van der Waals surface area contributed by atoms with Gasteiger partial charge in [0, 0.05) is 6.42 Å². The van der Waals surface area contributed by atoms with E-state index < -0.39 is 30.5 Å². The van der Waals surface area contributed by atoms with Crippen molar-refractivity contribution in [3.05, 3.63) is 0 Å². The van der Waals surface area contributed by atoms with E-state index in [0.717, 1.165) is 13.3 Å². The van der Waals surface area contributed by atoms with E-state index in [2.05, 4.69) is 0 Å². The number of halogens is 3. The van der Waals surface area contributed by atoms with Gasteiger partial charge in [0.1, 0.15) is 0 Å². The van der Waals surface area contributed by atoms with Crippen molar-refractivity contribution >= 4 is 11.9 Å². The van der Waals surface area contributed by atoms with Gasteiger partial charge in [-0.1, -0.05) is 13.8 Å². The highest BCUT2D eigenvalue weighted by atomic mass is 19.4. The van der Waals surface area contributed by atoms with Crippen LogP contribution in [0.1, 0.15) is 33.1 Å². The van der Waals surface area contributed by atoms with E-state index in [4.69, 9.17) is 10.2 Å². The Morgan fingerprint density at radius 2 is 1.62 bits per heavy atom. The van der Waals surface area contributed by atoms with Crippen molar-refractivity contribution in [3.63, 3.8) is 0 Å². The fourth-order valence-corrected chi connectivity index (χ4v) is 0.592. The molecule has 0 amide bonds. The predicted octanol–water partition coefficient (Wildman–Crippen LogP) is 2.53. The van der Waals surface area contributed by atoms with Crippen molar-refractivity contribution in [3.8, 4) is 0 Å². The number of hydrogen-bond donors (Lipinski definition) is 2. The van der Waals surface area contributed by atoms with Gasteiger partial charge < -0.3 is 10.2 Å². The van der Waals surface area contributed by atoms with E-state index in [-0.39, 0.29) is 0 Å². The second-order valence-corrected chi connectivity index (χ2v) is 3.18. The number of hydrogen-bond acceptors (Lipinski definition) is 2. The number of rotatable bonds is 4. The lowest BCUT2D eigenvalue weighted by Crippen LogP contribution is -2.22. The van der Waals surface area contributed by atoms with Crippen LogP contribution in [-0.4, -0.2) is 28.3 Å². The number of carbonyl (C=O) groups is 2. The van der Waals surface area contributed by atoms with Gasteiger partial charge in [-0.25, -0.2) is 0 Å². The smallest absolute Gasteiger partial charge is 0.392 e. The van der Waals surface area contributed by atoms with Crippen molar-refractivity contribution < 1.29 is 33.0 Å². The van der Waals surface area contributed by atoms with Crippen LogP contribution < -0.4 is 0 Å². The van der Waals surface area contributed by atoms with Gasteiger partial charge in [-0.05, 0) is 6.42 Å². The first kappa shape index (κ1) is 17.1. The molecule has 16 heavy (non-hydrogen) atoms. The number of carboxylic acids is 2. The molecule has 0 aliphatic carbocycles. The van der Waals surface area contributed by atoms with Crippen LogP contribution in [0.4, 0.5) is 13.2 Å². The van der Waals surface area contributed by atoms with Crippen LogP contribution in [0.25, 0.3) is 0 Å². The normalized spacial score (nSPS) is 12.3. The molecule has 0 bridgehead atoms. The summed E-state index contributed by atoms with van der Waals surface area (Å²) in [5.41, 5.74) is 0. The Labute approximate surface area is 91.1 Å². The molecule has 0 spiro atoms. The molecule has 0 aromatic carbocycles. The fourth-order valence-electron chi connectivity index (χ4n) is 0.592. The van der Waals surface area contributed by atoms with Gasteiger partial charge in [0.05, 0.1) is 12.3 Å². The molecule has 4 nitrogen and oxygen atoms in total. The van der Waals surface area contributed by atoms with Gasteiger partial charge in [0.25, 0.3) is 0 Å². The molecular formula is C9H15F3O4. The fraction of sp³-hybridized carbons (Fsp3) is 0.778. The minimum absolute atomic E-state index is 0.292. The Hall–Kier alpha value is -1.27. The van der Waals surface area contributed by atoms with Crippen LogP contribution in [0.15, 0.2) is 0 Å². The summed E-state index contributed by atoms with van der Waals surface area (Å²) in [5.74, 6) is -3.90. The van der Waals surface area contributed by atoms with Crippen molar-refractivity contribution in [2.75, 3.05) is 0 Å². The van der Waals surface area contributed by atoms with E-state index in [1.165, 1.54) is 0 Å². The van der Waals surface area contributed by atoms with E-state index >= 15 is 0 Å². The second kappa shape index (κ2) is 7.95. The molecule has 2 N–H and O–H groups in total. The lowest BCUT2D eigenvalue weighted by atomic mass is 10.1. The van der Waals surface area contributed by atoms with Crippen LogP contribution in [-0.2, 0) is 9.59 Å². The number of alkyl halides is 3. The molecule has 1 unspecified atom stereocenters. The average molecular weight is 244 g/mol. The lowest BCUT2D eigenvalue weighted by molar-refractivity contribution is -0.178. The Bertz CT molecular complexity index is 225. The van der Waals surface area contributed by atoms with Crippen molar-refractivity contribution in [1.29, 1.82) is 0 Å². The van der Waals surface area contributed by atoms with Gasteiger partial charge >= 0.3 is 18.1 Å².